The van der Waals surface area contributed by atoms with Gasteiger partial charge in [0.15, 0.2) is 0 Å². The third kappa shape index (κ3) is 3.50. The van der Waals surface area contributed by atoms with Gasteiger partial charge in [-0.2, -0.15) is 0 Å². The summed E-state index contributed by atoms with van der Waals surface area (Å²) in [5, 5.41) is 11.0. The first kappa shape index (κ1) is 14.4. The van der Waals surface area contributed by atoms with Gasteiger partial charge >= 0.3 is 0 Å². The van der Waals surface area contributed by atoms with Crippen molar-refractivity contribution < 1.29 is 9.84 Å². The largest absolute Gasteiger partial charge is 0.494 e. The molecule has 100 valence electrons. The van der Waals surface area contributed by atoms with E-state index in [2.05, 4.69) is 15.9 Å². The van der Waals surface area contributed by atoms with Crippen LogP contribution in [0.25, 0.3) is 0 Å². The molecular formula is C15H14BrClO2. The molecule has 0 bridgehead atoms. The first-order valence-corrected chi connectivity index (χ1v) is 7.14. The maximum atomic E-state index is 10.4. The monoisotopic (exact) mass is 340 g/mol. The van der Waals surface area contributed by atoms with Gasteiger partial charge in [0, 0.05) is 15.1 Å². The van der Waals surface area contributed by atoms with E-state index >= 15 is 0 Å². The topological polar surface area (TPSA) is 29.5 Å². The lowest BCUT2D eigenvalue weighted by molar-refractivity contribution is 0.219. The van der Waals surface area contributed by atoms with Crippen molar-refractivity contribution in [1.29, 1.82) is 0 Å². The lowest BCUT2D eigenvalue weighted by Gasteiger charge is -2.14. The highest BCUT2D eigenvalue weighted by atomic mass is 79.9. The molecule has 0 saturated heterocycles. The Bertz CT molecular complexity index is 572. The quantitative estimate of drug-likeness (QED) is 0.882. The standard InChI is InChI=1S/C15H14BrClO2/c1-2-19-12-5-3-4-10(8-12)15(18)13-9-11(16)6-7-14(13)17/h3-9,15,18H,2H2,1H3. The molecule has 4 heteroatoms. The first-order chi connectivity index (χ1) is 9.11. The molecule has 0 amide bonds. The molecule has 1 atom stereocenters. The highest BCUT2D eigenvalue weighted by Gasteiger charge is 2.15. The second-order valence-electron chi connectivity index (χ2n) is 4.07. The van der Waals surface area contributed by atoms with Crippen LogP contribution in [-0.2, 0) is 0 Å². The van der Waals surface area contributed by atoms with E-state index in [0.29, 0.717) is 17.2 Å². The van der Waals surface area contributed by atoms with Crippen molar-refractivity contribution in [3.63, 3.8) is 0 Å². The minimum absolute atomic E-state index is 0.539. The summed E-state index contributed by atoms with van der Waals surface area (Å²) in [5.41, 5.74) is 1.43. The SMILES string of the molecule is CCOc1cccc(C(O)c2cc(Br)ccc2Cl)c1. The van der Waals surface area contributed by atoms with E-state index in [1.165, 1.54) is 0 Å². The molecule has 0 aliphatic carbocycles. The zero-order valence-corrected chi connectivity index (χ0v) is 12.8. The highest BCUT2D eigenvalue weighted by molar-refractivity contribution is 9.10. The molecule has 2 aromatic carbocycles. The molecule has 2 aromatic rings. The van der Waals surface area contributed by atoms with E-state index in [1.807, 2.05) is 43.3 Å². The molecule has 0 radical (unpaired) electrons. The summed E-state index contributed by atoms with van der Waals surface area (Å²) in [5.74, 6) is 0.741. The molecule has 0 saturated carbocycles. The molecule has 0 spiro atoms. The first-order valence-electron chi connectivity index (χ1n) is 5.97. The van der Waals surface area contributed by atoms with Gasteiger partial charge in [0.05, 0.1) is 6.61 Å². The molecule has 0 aromatic heterocycles. The molecular weight excluding hydrogens is 328 g/mol. The van der Waals surface area contributed by atoms with Crippen LogP contribution in [0.15, 0.2) is 46.9 Å². The summed E-state index contributed by atoms with van der Waals surface area (Å²) in [7, 11) is 0. The third-order valence-corrected chi connectivity index (χ3v) is 3.57. The van der Waals surface area contributed by atoms with Gasteiger partial charge in [0.25, 0.3) is 0 Å². The summed E-state index contributed by atoms with van der Waals surface area (Å²) in [6.45, 7) is 2.52. The van der Waals surface area contributed by atoms with Crippen molar-refractivity contribution in [2.24, 2.45) is 0 Å². The van der Waals surface area contributed by atoms with Crippen molar-refractivity contribution in [3.8, 4) is 5.75 Å². The molecule has 1 unspecified atom stereocenters. The Labute approximate surface area is 126 Å². The Morgan fingerprint density at radius 2 is 2.05 bits per heavy atom. The Morgan fingerprint density at radius 1 is 1.26 bits per heavy atom. The number of halogens is 2. The van der Waals surface area contributed by atoms with Crippen LogP contribution in [0.5, 0.6) is 5.75 Å². The zero-order valence-electron chi connectivity index (χ0n) is 10.4. The molecule has 0 heterocycles. The Hall–Kier alpha value is -1.03. The Balaban J connectivity index is 2.35. The summed E-state index contributed by atoms with van der Waals surface area (Å²) in [6.07, 6.45) is -0.773. The van der Waals surface area contributed by atoms with Gasteiger partial charge in [-0.3, -0.25) is 0 Å². The molecule has 19 heavy (non-hydrogen) atoms. The van der Waals surface area contributed by atoms with Gasteiger partial charge in [-0.15, -0.1) is 0 Å². The Morgan fingerprint density at radius 3 is 2.79 bits per heavy atom. The van der Waals surface area contributed by atoms with Crippen molar-refractivity contribution in [3.05, 3.63) is 63.1 Å². The molecule has 2 rings (SSSR count). The van der Waals surface area contributed by atoms with Crippen molar-refractivity contribution in [2.45, 2.75) is 13.0 Å². The van der Waals surface area contributed by atoms with Crippen LogP contribution in [0, 0.1) is 0 Å². The number of ether oxygens (including phenoxy) is 1. The maximum absolute atomic E-state index is 10.4. The smallest absolute Gasteiger partial charge is 0.119 e. The van der Waals surface area contributed by atoms with Crippen LogP contribution >= 0.6 is 27.5 Å². The Kier molecular flexibility index (Phi) is 4.86. The summed E-state index contributed by atoms with van der Waals surface area (Å²) in [4.78, 5) is 0. The van der Waals surface area contributed by atoms with Crippen LogP contribution in [0.4, 0.5) is 0 Å². The van der Waals surface area contributed by atoms with E-state index in [0.717, 1.165) is 15.8 Å². The second kappa shape index (κ2) is 6.42. The summed E-state index contributed by atoms with van der Waals surface area (Å²) < 4.78 is 6.31. The lowest BCUT2D eigenvalue weighted by Crippen LogP contribution is -2.01. The highest BCUT2D eigenvalue weighted by Crippen LogP contribution is 2.31. The number of hydrogen-bond acceptors (Lipinski definition) is 2. The summed E-state index contributed by atoms with van der Waals surface area (Å²) >= 11 is 9.51. The van der Waals surface area contributed by atoms with Gasteiger partial charge in [0.2, 0.25) is 0 Å². The number of benzene rings is 2. The van der Waals surface area contributed by atoms with Crippen LogP contribution in [0.3, 0.4) is 0 Å². The molecule has 0 aliphatic rings. The van der Waals surface area contributed by atoms with Gasteiger partial charge in [-0.25, -0.2) is 0 Å². The van der Waals surface area contributed by atoms with Crippen molar-refractivity contribution in [1.82, 2.24) is 0 Å². The average Bonchev–Trinajstić information content (AvgIpc) is 2.41. The van der Waals surface area contributed by atoms with E-state index in [9.17, 15) is 5.11 Å². The molecule has 0 aliphatic heterocycles. The fourth-order valence-corrected chi connectivity index (χ4v) is 2.44. The van der Waals surface area contributed by atoms with Gasteiger partial charge in [-0.1, -0.05) is 39.7 Å². The van der Waals surface area contributed by atoms with E-state index < -0.39 is 6.10 Å². The predicted molar refractivity (Wildman–Crippen MR) is 80.8 cm³/mol. The van der Waals surface area contributed by atoms with Crippen LogP contribution in [0.1, 0.15) is 24.2 Å². The molecule has 0 fully saturated rings. The number of rotatable bonds is 4. The minimum Gasteiger partial charge on any atom is -0.494 e. The van der Waals surface area contributed by atoms with Crippen LogP contribution in [0.2, 0.25) is 5.02 Å². The molecule has 1 N–H and O–H groups in total. The lowest BCUT2D eigenvalue weighted by atomic mass is 10.0. The van der Waals surface area contributed by atoms with Crippen molar-refractivity contribution >= 4 is 27.5 Å². The van der Waals surface area contributed by atoms with E-state index in [-0.39, 0.29) is 0 Å². The predicted octanol–water partition coefficient (Wildman–Crippen LogP) is 4.58. The number of hydrogen-bond donors (Lipinski definition) is 1. The number of aliphatic hydroxyl groups is 1. The van der Waals surface area contributed by atoms with Crippen LogP contribution < -0.4 is 4.74 Å². The van der Waals surface area contributed by atoms with Gasteiger partial charge in [0.1, 0.15) is 11.9 Å². The normalized spacial score (nSPS) is 12.2. The van der Waals surface area contributed by atoms with Gasteiger partial charge in [-0.05, 0) is 42.8 Å². The van der Waals surface area contributed by atoms with Crippen LogP contribution in [-0.4, -0.2) is 11.7 Å². The maximum Gasteiger partial charge on any atom is 0.119 e. The second-order valence-corrected chi connectivity index (χ2v) is 5.40. The zero-order chi connectivity index (χ0) is 13.8. The fraction of sp³-hybridized carbons (Fsp3) is 0.200. The summed E-state index contributed by atoms with van der Waals surface area (Å²) in [6, 6.07) is 12.8. The van der Waals surface area contributed by atoms with E-state index in [1.54, 1.807) is 6.07 Å². The van der Waals surface area contributed by atoms with Crippen molar-refractivity contribution in [2.75, 3.05) is 6.61 Å². The van der Waals surface area contributed by atoms with Gasteiger partial charge < -0.3 is 9.84 Å². The molecule has 2 nitrogen and oxygen atoms in total. The average molecular weight is 342 g/mol. The third-order valence-electron chi connectivity index (χ3n) is 2.74. The van der Waals surface area contributed by atoms with E-state index in [4.69, 9.17) is 16.3 Å². The minimum atomic E-state index is -0.773. The fourth-order valence-electron chi connectivity index (χ4n) is 1.84. The number of aliphatic hydroxyl groups excluding tert-OH is 1.